The Labute approximate surface area is 132 Å². The van der Waals surface area contributed by atoms with E-state index >= 15 is 0 Å². The van der Waals surface area contributed by atoms with Crippen LogP contribution in [0.3, 0.4) is 0 Å². The third-order valence-electron chi connectivity index (χ3n) is 4.98. The molecule has 22 heavy (non-hydrogen) atoms. The van der Waals surface area contributed by atoms with E-state index in [9.17, 15) is 4.79 Å². The topological polar surface area (TPSA) is 57.3 Å². The van der Waals surface area contributed by atoms with Crippen LogP contribution in [-0.4, -0.2) is 36.2 Å². The summed E-state index contributed by atoms with van der Waals surface area (Å²) in [6, 6.07) is 6.64. The Kier molecular flexibility index (Phi) is 4.80. The number of aromatic nitrogens is 1. The van der Waals surface area contributed by atoms with E-state index in [0.717, 1.165) is 38.2 Å². The van der Waals surface area contributed by atoms with Gasteiger partial charge in [-0.15, -0.1) is 0 Å². The maximum Gasteiger partial charge on any atom is 0.315 e. The highest BCUT2D eigenvalue weighted by Gasteiger charge is 2.26. The summed E-state index contributed by atoms with van der Waals surface area (Å²) in [6.45, 7) is 4.12. The predicted octanol–water partition coefficient (Wildman–Crippen LogP) is 2.54. The Morgan fingerprint density at radius 3 is 2.64 bits per heavy atom. The Balaban J connectivity index is 1.43. The summed E-state index contributed by atoms with van der Waals surface area (Å²) in [7, 11) is 0. The first-order chi connectivity index (χ1) is 10.7. The number of anilines is 1. The number of amides is 2. The zero-order chi connectivity index (χ0) is 15.4. The first-order valence-corrected chi connectivity index (χ1v) is 8.45. The number of rotatable bonds is 3. The molecule has 2 amide bonds. The first-order valence-electron chi connectivity index (χ1n) is 8.45. The summed E-state index contributed by atoms with van der Waals surface area (Å²) in [5.41, 5.74) is 0. The van der Waals surface area contributed by atoms with E-state index in [2.05, 4.69) is 27.4 Å². The van der Waals surface area contributed by atoms with Gasteiger partial charge in [0.1, 0.15) is 5.82 Å². The van der Waals surface area contributed by atoms with Crippen LogP contribution in [0.2, 0.25) is 0 Å². The van der Waals surface area contributed by atoms with Crippen molar-refractivity contribution < 1.29 is 4.79 Å². The van der Waals surface area contributed by atoms with Gasteiger partial charge in [0, 0.05) is 31.4 Å². The summed E-state index contributed by atoms with van der Waals surface area (Å²) in [5.74, 6) is 1.64. The van der Waals surface area contributed by atoms with Crippen LogP contribution >= 0.6 is 0 Å². The normalized spacial score (nSPS) is 26.0. The van der Waals surface area contributed by atoms with Crippen LogP contribution in [0.5, 0.6) is 0 Å². The van der Waals surface area contributed by atoms with Crippen molar-refractivity contribution in [2.75, 3.05) is 18.0 Å². The fourth-order valence-electron chi connectivity index (χ4n) is 3.55. The number of pyridine rings is 1. The van der Waals surface area contributed by atoms with Gasteiger partial charge in [-0.1, -0.05) is 19.4 Å². The lowest BCUT2D eigenvalue weighted by atomic mass is 10.0. The molecule has 0 bridgehead atoms. The molecule has 1 aromatic rings. The van der Waals surface area contributed by atoms with E-state index in [4.69, 9.17) is 0 Å². The molecule has 0 aromatic carbocycles. The Morgan fingerprint density at radius 2 is 2.00 bits per heavy atom. The van der Waals surface area contributed by atoms with Gasteiger partial charge in [0.05, 0.1) is 0 Å². The molecule has 2 fully saturated rings. The van der Waals surface area contributed by atoms with E-state index in [-0.39, 0.29) is 12.1 Å². The van der Waals surface area contributed by atoms with Crippen molar-refractivity contribution in [3.63, 3.8) is 0 Å². The van der Waals surface area contributed by atoms with Gasteiger partial charge < -0.3 is 15.5 Å². The molecule has 5 nitrogen and oxygen atoms in total. The van der Waals surface area contributed by atoms with Gasteiger partial charge in [-0.2, -0.15) is 0 Å². The van der Waals surface area contributed by atoms with Crippen molar-refractivity contribution in [2.45, 2.75) is 51.1 Å². The molecule has 2 heterocycles. The lowest BCUT2D eigenvalue weighted by Crippen LogP contribution is -2.50. The van der Waals surface area contributed by atoms with Gasteiger partial charge in [-0.05, 0) is 43.7 Å². The molecule has 2 aliphatic rings. The minimum atomic E-state index is 0.00929. The number of nitrogens with one attached hydrogen (secondary N) is 2. The van der Waals surface area contributed by atoms with Gasteiger partial charge in [0.15, 0.2) is 0 Å². The fraction of sp³-hybridized carbons (Fsp3) is 0.647. The van der Waals surface area contributed by atoms with Crippen LogP contribution in [0.25, 0.3) is 0 Å². The third kappa shape index (κ3) is 3.70. The number of hydrogen-bond donors (Lipinski definition) is 2. The SMILES string of the molecule is C[C@H]1CCC[C@H]1NC(=O)NC1CCN(c2ccccn2)CC1. The van der Waals surface area contributed by atoms with E-state index in [1.54, 1.807) is 0 Å². The molecule has 5 heteroatoms. The highest BCUT2D eigenvalue weighted by atomic mass is 16.2. The van der Waals surface area contributed by atoms with Crippen LogP contribution in [0.4, 0.5) is 10.6 Å². The first kappa shape index (κ1) is 15.1. The minimum absolute atomic E-state index is 0.00929. The number of nitrogens with zero attached hydrogens (tertiary/aromatic N) is 2. The Hall–Kier alpha value is -1.78. The van der Waals surface area contributed by atoms with Crippen LogP contribution in [0.15, 0.2) is 24.4 Å². The third-order valence-corrected chi connectivity index (χ3v) is 4.98. The lowest BCUT2D eigenvalue weighted by Gasteiger charge is -2.33. The van der Waals surface area contributed by atoms with E-state index < -0.39 is 0 Å². The molecule has 1 aliphatic heterocycles. The molecule has 1 aliphatic carbocycles. The molecule has 2 N–H and O–H groups in total. The predicted molar refractivity (Wildman–Crippen MR) is 87.9 cm³/mol. The van der Waals surface area contributed by atoms with Crippen LogP contribution < -0.4 is 15.5 Å². The van der Waals surface area contributed by atoms with Crippen molar-refractivity contribution in [1.82, 2.24) is 15.6 Å². The fourth-order valence-corrected chi connectivity index (χ4v) is 3.55. The van der Waals surface area contributed by atoms with Crippen LogP contribution in [0, 0.1) is 5.92 Å². The molecule has 0 unspecified atom stereocenters. The van der Waals surface area contributed by atoms with Gasteiger partial charge in [-0.25, -0.2) is 9.78 Å². The van der Waals surface area contributed by atoms with Crippen molar-refractivity contribution >= 4 is 11.8 Å². The molecule has 1 saturated carbocycles. The second-order valence-electron chi connectivity index (χ2n) is 6.58. The van der Waals surface area contributed by atoms with Crippen molar-refractivity contribution in [3.05, 3.63) is 24.4 Å². The molecule has 1 saturated heterocycles. The summed E-state index contributed by atoms with van der Waals surface area (Å²) in [4.78, 5) is 18.8. The molecule has 0 radical (unpaired) electrons. The summed E-state index contributed by atoms with van der Waals surface area (Å²) < 4.78 is 0. The molecule has 0 spiro atoms. The lowest BCUT2D eigenvalue weighted by molar-refractivity contribution is 0.228. The van der Waals surface area contributed by atoms with Crippen LogP contribution in [0.1, 0.15) is 39.0 Å². The van der Waals surface area contributed by atoms with Gasteiger partial charge >= 0.3 is 6.03 Å². The maximum atomic E-state index is 12.1. The number of carbonyl (C=O) groups is 1. The van der Waals surface area contributed by atoms with E-state index in [1.165, 1.54) is 12.8 Å². The van der Waals surface area contributed by atoms with Gasteiger partial charge in [0.25, 0.3) is 0 Å². The van der Waals surface area contributed by atoms with Crippen LogP contribution in [-0.2, 0) is 0 Å². The molecule has 120 valence electrons. The maximum absolute atomic E-state index is 12.1. The Bertz CT molecular complexity index is 485. The summed E-state index contributed by atoms with van der Waals surface area (Å²) >= 11 is 0. The average molecular weight is 302 g/mol. The second-order valence-corrected chi connectivity index (χ2v) is 6.58. The average Bonchev–Trinajstić information content (AvgIpc) is 2.94. The molecule has 1 aromatic heterocycles. The minimum Gasteiger partial charge on any atom is -0.356 e. The smallest absolute Gasteiger partial charge is 0.315 e. The Morgan fingerprint density at radius 1 is 1.18 bits per heavy atom. The van der Waals surface area contributed by atoms with Crippen molar-refractivity contribution in [1.29, 1.82) is 0 Å². The standard InChI is InChI=1S/C17H26N4O/c1-13-5-4-6-15(13)20-17(22)19-14-8-11-21(12-9-14)16-7-2-3-10-18-16/h2-3,7,10,13-15H,4-6,8-9,11-12H2,1H3,(H2,19,20,22)/t13-,15+/m0/s1. The molecular weight excluding hydrogens is 276 g/mol. The zero-order valence-corrected chi connectivity index (χ0v) is 13.3. The van der Waals surface area contributed by atoms with Crippen molar-refractivity contribution in [2.24, 2.45) is 5.92 Å². The van der Waals surface area contributed by atoms with E-state index in [1.807, 2.05) is 24.4 Å². The summed E-state index contributed by atoms with van der Waals surface area (Å²) in [5, 5.41) is 6.28. The number of carbonyl (C=O) groups excluding carboxylic acids is 1. The quantitative estimate of drug-likeness (QED) is 0.902. The van der Waals surface area contributed by atoms with Gasteiger partial charge in [0.2, 0.25) is 0 Å². The largest absolute Gasteiger partial charge is 0.356 e. The zero-order valence-electron chi connectivity index (χ0n) is 13.3. The highest BCUT2D eigenvalue weighted by Crippen LogP contribution is 2.24. The molecular formula is C17H26N4O. The molecule has 3 rings (SSSR count). The van der Waals surface area contributed by atoms with E-state index in [0.29, 0.717) is 12.0 Å². The second kappa shape index (κ2) is 6.99. The number of urea groups is 1. The van der Waals surface area contributed by atoms with Crippen molar-refractivity contribution in [3.8, 4) is 0 Å². The summed E-state index contributed by atoms with van der Waals surface area (Å²) in [6.07, 6.45) is 7.36. The highest BCUT2D eigenvalue weighted by molar-refractivity contribution is 5.74. The molecule has 2 atom stereocenters. The number of hydrogen-bond acceptors (Lipinski definition) is 3. The monoisotopic (exact) mass is 302 g/mol. The number of piperidine rings is 1. The van der Waals surface area contributed by atoms with Gasteiger partial charge in [-0.3, -0.25) is 0 Å².